The van der Waals surface area contributed by atoms with Crippen LogP contribution in [0.2, 0.25) is 0 Å². The second kappa shape index (κ2) is 8.64. The number of carbonyl (C=O) groups excluding carboxylic acids is 3. The minimum atomic E-state index is -0.529. The summed E-state index contributed by atoms with van der Waals surface area (Å²) in [6.07, 6.45) is 1.64. The molecule has 9 heteroatoms. The zero-order valence-corrected chi connectivity index (χ0v) is 15.8. The van der Waals surface area contributed by atoms with Crippen molar-refractivity contribution in [1.82, 2.24) is 21.3 Å². The first-order valence-corrected chi connectivity index (χ1v) is 9.71. The van der Waals surface area contributed by atoms with Gasteiger partial charge < -0.3 is 26.0 Å². The van der Waals surface area contributed by atoms with Crippen LogP contribution in [0.1, 0.15) is 40.0 Å². The number of hydrogen-bond donors (Lipinski definition) is 4. The molecule has 2 saturated heterocycles. The highest BCUT2D eigenvalue weighted by atomic mass is 32.2. The molecule has 0 aromatic rings. The summed E-state index contributed by atoms with van der Waals surface area (Å²) >= 11 is 1.85. The van der Waals surface area contributed by atoms with Crippen molar-refractivity contribution in [2.45, 2.75) is 63.0 Å². The minimum absolute atomic E-state index is 0.0286. The van der Waals surface area contributed by atoms with Gasteiger partial charge in [-0.2, -0.15) is 11.8 Å². The Morgan fingerprint density at radius 2 is 1.96 bits per heavy atom. The van der Waals surface area contributed by atoms with Gasteiger partial charge in [0.05, 0.1) is 12.1 Å². The van der Waals surface area contributed by atoms with Crippen LogP contribution < -0.4 is 21.3 Å². The number of thioether (sulfide) groups is 1. The predicted molar refractivity (Wildman–Crippen MR) is 96.6 cm³/mol. The molecule has 2 aliphatic rings. The molecule has 0 radical (unpaired) electrons. The van der Waals surface area contributed by atoms with E-state index in [9.17, 15) is 14.4 Å². The highest BCUT2D eigenvalue weighted by Gasteiger charge is 2.42. The smallest absolute Gasteiger partial charge is 0.407 e. The minimum Gasteiger partial charge on any atom is -0.444 e. The van der Waals surface area contributed by atoms with Crippen molar-refractivity contribution in [2.24, 2.45) is 0 Å². The second-order valence-corrected chi connectivity index (χ2v) is 8.56. The lowest BCUT2D eigenvalue weighted by Gasteiger charge is -2.19. The first-order chi connectivity index (χ1) is 11.7. The summed E-state index contributed by atoms with van der Waals surface area (Å²) < 4.78 is 5.11. The van der Waals surface area contributed by atoms with Gasteiger partial charge in [0, 0.05) is 30.5 Å². The Kier molecular flexibility index (Phi) is 6.80. The van der Waals surface area contributed by atoms with Crippen LogP contribution in [-0.4, -0.2) is 59.8 Å². The Morgan fingerprint density at radius 3 is 2.68 bits per heavy atom. The van der Waals surface area contributed by atoms with Crippen LogP contribution in [-0.2, 0) is 9.53 Å². The molecule has 0 spiro atoms. The lowest BCUT2D eigenvalue weighted by atomic mass is 10.0. The van der Waals surface area contributed by atoms with Gasteiger partial charge in [-0.1, -0.05) is 0 Å². The molecule has 2 heterocycles. The molecule has 142 valence electrons. The number of amides is 4. The number of alkyl carbamates (subject to hydrolysis) is 1. The molecule has 8 nitrogen and oxygen atoms in total. The van der Waals surface area contributed by atoms with Crippen LogP contribution in [0.15, 0.2) is 0 Å². The maximum absolute atomic E-state index is 11.8. The molecule has 2 rings (SSSR count). The van der Waals surface area contributed by atoms with E-state index in [1.54, 1.807) is 20.8 Å². The molecule has 0 aromatic heterocycles. The van der Waals surface area contributed by atoms with Crippen molar-refractivity contribution in [3.05, 3.63) is 0 Å². The average Bonchev–Trinajstić information content (AvgIpc) is 3.02. The number of urea groups is 1. The Balaban J connectivity index is 1.52. The average molecular weight is 372 g/mol. The van der Waals surface area contributed by atoms with E-state index in [4.69, 9.17) is 4.74 Å². The molecular formula is C16H28N4O4S. The molecule has 0 aromatic carbocycles. The summed E-state index contributed by atoms with van der Waals surface area (Å²) in [5.74, 6) is 0.899. The Hall–Kier alpha value is -1.64. The van der Waals surface area contributed by atoms with Gasteiger partial charge in [0.25, 0.3) is 0 Å². The second-order valence-electron chi connectivity index (χ2n) is 7.29. The van der Waals surface area contributed by atoms with E-state index in [1.807, 2.05) is 11.8 Å². The van der Waals surface area contributed by atoms with E-state index < -0.39 is 11.7 Å². The Labute approximate surface area is 152 Å². The van der Waals surface area contributed by atoms with E-state index >= 15 is 0 Å². The highest BCUT2D eigenvalue weighted by molar-refractivity contribution is 8.00. The van der Waals surface area contributed by atoms with Crippen molar-refractivity contribution in [2.75, 3.05) is 18.8 Å². The summed E-state index contributed by atoms with van der Waals surface area (Å²) in [7, 11) is 0. The molecule has 0 unspecified atom stereocenters. The van der Waals surface area contributed by atoms with E-state index in [0.29, 0.717) is 24.8 Å². The van der Waals surface area contributed by atoms with Gasteiger partial charge in [0.1, 0.15) is 5.60 Å². The van der Waals surface area contributed by atoms with Crippen LogP contribution in [0, 0.1) is 0 Å². The highest BCUT2D eigenvalue weighted by Crippen LogP contribution is 2.32. The van der Waals surface area contributed by atoms with Crippen LogP contribution in [0.25, 0.3) is 0 Å². The first-order valence-electron chi connectivity index (χ1n) is 8.67. The summed E-state index contributed by atoms with van der Waals surface area (Å²) in [6.45, 7) is 6.10. The summed E-state index contributed by atoms with van der Waals surface area (Å²) in [5.41, 5.74) is -0.529. The normalized spacial score (nSPS) is 24.9. The van der Waals surface area contributed by atoms with Gasteiger partial charge in [-0.15, -0.1) is 0 Å². The van der Waals surface area contributed by atoms with E-state index in [-0.39, 0.29) is 24.0 Å². The van der Waals surface area contributed by atoms with Crippen LogP contribution >= 0.6 is 11.8 Å². The number of carbonyl (C=O) groups is 3. The van der Waals surface area contributed by atoms with Gasteiger partial charge in [0.15, 0.2) is 0 Å². The van der Waals surface area contributed by atoms with Crippen LogP contribution in [0.4, 0.5) is 9.59 Å². The molecule has 4 amide bonds. The fourth-order valence-corrected chi connectivity index (χ4v) is 4.42. The van der Waals surface area contributed by atoms with Crippen molar-refractivity contribution in [3.8, 4) is 0 Å². The number of hydrogen-bond acceptors (Lipinski definition) is 5. The largest absolute Gasteiger partial charge is 0.444 e. The lowest BCUT2D eigenvalue weighted by Crippen LogP contribution is -2.38. The van der Waals surface area contributed by atoms with Crippen molar-refractivity contribution in [3.63, 3.8) is 0 Å². The van der Waals surface area contributed by atoms with Crippen molar-refractivity contribution in [1.29, 1.82) is 0 Å². The molecule has 0 bridgehead atoms. The third-order valence-corrected chi connectivity index (χ3v) is 5.45. The standard InChI is InChI=1S/C16H28N4O4S/c1-16(2,3)24-15(23)18-8-7-17-12(21)6-4-5-11-13-10(9-25-11)19-14(22)20-13/h10-11,13H,4-9H2,1-3H3,(H,17,21)(H,18,23)(H2,19,20,22)/t10-,11+,13+/m0/s1. The zero-order chi connectivity index (χ0) is 18.4. The number of nitrogens with one attached hydrogen (secondary N) is 4. The number of ether oxygens (including phenoxy) is 1. The number of rotatable bonds is 7. The molecule has 2 aliphatic heterocycles. The Morgan fingerprint density at radius 1 is 1.24 bits per heavy atom. The fraction of sp³-hybridized carbons (Fsp3) is 0.812. The van der Waals surface area contributed by atoms with Crippen molar-refractivity contribution < 1.29 is 19.1 Å². The van der Waals surface area contributed by atoms with E-state index in [2.05, 4.69) is 21.3 Å². The SMILES string of the molecule is CC(C)(C)OC(=O)NCCNC(=O)CCC[C@H]1SC[C@@H]2NC(=O)N[C@H]21. The molecule has 25 heavy (non-hydrogen) atoms. The fourth-order valence-electron chi connectivity index (χ4n) is 2.88. The third kappa shape index (κ3) is 6.64. The monoisotopic (exact) mass is 372 g/mol. The van der Waals surface area contributed by atoms with Crippen LogP contribution in [0.3, 0.4) is 0 Å². The molecular weight excluding hydrogens is 344 g/mol. The topological polar surface area (TPSA) is 109 Å². The first kappa shape index (κ1) is 19.7. The summed E-state index contributed by atoms with van der Waals surface area (Å²) in [6, 6.07) is 0.310. The van der Waals surface area contributed by atoms with Gasteiger partial charge in [-0.3, -0.25) is 4.79 Å². The van der Waals surface area contributed by atoms with Gasteiger partial charge in [0.2, 0.25) is 5.91 Å². The predicted octanol–water partition coefficient (Wildman–Crippen LogP) is 0.963. The molecule has 4 N–H and O–H groups in total. The number of fused-ring (bicyclic) bond motifs is 1. The van der Waals surface area contributed by atoms with Gasteiger partial charge in [-0.05, 0) is 33.6 Å². The maximum atomic E-state index is 11.8. The Bertz CT molecular complexity index is 509. The van der Waals surface area contributed by atoms with Gasteiger partial charge >= 0.3 is 12.1 Å². The zero-order valence-electron chi connectivity index (χ0n) is 15.0. The molecule has 2 fully saturated rings. The van der Waals surface area contributed by atoms with Crippen LogP contribution in [0.5, 0.6) is 0 Å². The third-order valence-electron chi connectivity index (χ3n) is 3.95. The summed E-state index contributed by atoms with van der Waals surface area (Å²) in [5, 5.41) is 11.6. The molecule has 0 saturated carbocycles. The summed E-state index contributed by atoms with van der Waals surface area (Å²) in [4.78, 5) is 34.6. The van der Waals surface area contributed by atoms with Crippen molar-refractivity contribution >= 4 is 29.8 Å². The van der Waals surface area contributed by atoms with E-state index in [0.717, 1.165) is 18.6 Å². The van der Waals surface area contributed by atoms with Gasteiger partial charge in [-0.25, -0.2) is 9.59 Å². The van der Waals surface area contributed by atoms with E-state index in [1.165, 1.54) is 0 Å². The quantitative estimate of drug-likeness (QED) is 0.393. The maximum Gasteiger partial charge on any atom is 0.407 e. The molecule has 0 aliphatic carbocycles. The lowest BCUT2D eigenvalue weighted by molar-refractivity contribution is -0.121. The molecule has 3 atom stereocenters.